The first-order valence-electron chi connectivity index (χ1n) is 9.52. The second-order valence-corrected chi connectivity index (χ2v) is 6.91. The summed E-state index contributed by atoms with van der Waals surface area (Å²) in [5.41, 5.74) is 1.26. The number of nitrogens with zero attached hydrogens (tertiary/aromatic N) is 4. The Hall–Kier alpha value is -2.73. The summed E-state index contributed by atoms with van der Waals surface area (Å²) in [7, 11) is 0. The van der Waals surface area contributed by atoms with E-state index < -0.39 is 0 Å². The van der Waals surface area contributed by atoms with Crippen molar-refractivity contribution in [2.75, 3.05) is 26.2 Å². The first-order chi connectivity index (χ1) is 13.2. The van der Waals surface area contributed by atoms with Crippen molar-refractivity contribution in [2.24, 2.45) is 0 Å². The van der Waals surface area contributed by atoms with Gasteiger partial charge in [0, 0.05) is 18.9 Å². The summed E-state index contributed by atoms with van der Waals surface area (Å²) in [5.74, 6) is 1.33. The molecule has 6 nitrogen and oxygen atoms in total. The average Bonchev–Trinajstić information content (AvgIpc) is 3.20. The number of aromatic nitrogens is 3. The van der Waals surface area contributed by atoms with Gasteiger partial charge in [-0.05, 0) is 57.5 Å². The molecule has 0 aliphatic carbocycles. The molecule has 1 fully saturated rings. The lowest BCUT2D eigenvalue weighted by molar-refractivity contribution is 0.263. The largest absolute Gasteiger partial charge is 0.491 e. The van der Waals surface area contributed by atoms with E-state index >= 15 is 0 Å². The van der Waals surface area contributed by atoms with Crippen molar-refractivity contribution in [2.45, 2.75) is 26.2 Å². The predicted molar refractivity (Wildman–Crippen MR) is 106 cm³/mol. The minimum atomic E-state index is -0.126. The number of para-hydroxylation sites is 2. The van der Waals surface area contributed by atoms with Crippen molar-refractivity contribution in [1.82, 2.24) is 19.4 Å². The highest BCUT2D eigenvalue weighted by atomic mass is 16.5. The molecule has 1 saturated heterocycles. The fourth-order valence-corrected chi connectivity index (χ4v) is 3.67. The molecule has 0 amide bonds. The van der Waals surface area contributed by atoms with Gasteiger partial charge in [-0.3, -0.25) is 14.3 Å². The van der Waals surface area contributed by atoms with Gasteiger partial charge in [0.2, 0.25) is 0 Å². The smallest absolute Gasteiger partial charge is 0.267 e. The normalized spacial score (nSPS) is 14.7. The van der Waals surface area contributed by atoms with E-state index in [1.54, 1.807) is 23.0 Å². The molecule has 0 radical (unpaired) electrons. The summed E-state index contributed by atoms with van der Waals surface area (Å²) in [6.45, 7) is 5.92. The maximum atomic E-state index is 13.0. The van der Waals surface area contributed by atoms with Gasteiger partial charge in [-0.25, -0.2) is 4.98 Å². The zero-order valence-corrected chi connectivity index (χ0v) is 15.6. The molecule has 0 atom stereocenters. The number of aryl methyl sites for hydroxylation is 1. The molecule has 0 saturated carbocycles. The summed E-state index contributed by atoms with van der Waals surface area (Å²) < 4.78 is 7.65. The Morgan fingerprint density at radius 1 is 1.15 bits per heavy atom. The SMILES string of the molecule is Cc1nc2ccncc2c(=O)n1-c1ccccc1OCCCN1CCCC1. The first kappa shape index (κ1) is 17.7. The van der Waals surface area contributed by atoms with Gasteiger partial charge in [0.1, 0.15) is 11.6 Å². The van der Waals surface area contributed by atoms with Crippen molar-refractivity contribution in [3.05, 3.63) is 58.9 Å². The minimum Gasteiger partial charge on any atom is -0.491 e. The Morgan fingerprint density at radius 2 is 1.96 bits per heavy atom. The lowest BCUT2D eigenvalue weighted by Gasteiger charge is -2.17. The monoisotopic (exact) mass is 364 g/mol. The molecule has 4 rings (SSSR count). The number of rotatable bonds is 6. The van der Waals surface area contributed by atoms with Crippen LogP contribution in [0, 0.1) is 6.92 Å². The number of benzene rings is 1. The third kappa shape index (κ3) is 3.71. The Labute approximate surface area is 158 Å². The zero-order valence-electron chi connectivity index (χ0n) is 15.6. The standard InChI is InChI=1S/C21H24N4O2/c1-16-23-18-9-10-22-15-17(18)21(26)25(16)19-7-2-3-8-20(19)27-14-6-13-24-11-4-5-12-24/h2-3,7-10,15H,4-6,11-14H2,1H3. The summed E-state index contributed by atoms with van der Waals surface area (Å²) in [5, 5.41) is 0.506. The van der Waals surface area contributed by atoms with Crippen LogP contribution in [0.1, 0.15) is 25.1 Å². The summed E-state index contributed by atoms with van der Waals surface area (Å²) >= 11 is 0. The van der Waals surface area contributed by atoms with Crippen LogP contribution in [0.2, 0.25) is 0 Å². The highest BCUT2D eigenvalue weighted by Crippen LogP contribution is 2.23. The van der Waals surface area contributed by atoms with Gasteiger partial charge >= 0.3 is 0 Å². The van der Waals surface area contributed by atoms with Crippen molar-refractivity contribution < 1.29 is 4.74 Å². The third-order valence-electron chi connectivity index (χ3n) is 5.02. The Balaban J connectivity index is 1.59. The second-order valence-electron chi connectivity index (χ2n) is 6.91. The maximum absolute atomic E-state index is 13.0. The van der Waals surface area contributed by atoms with Crippen molar-refractivity contribution in [3.8, 4) is 11.4 Å². The van der Waals surface area contributed by atoms with Gasteiger partial charge in [-0.2, -0.15) is 0 Å². The van der Waals surface area contributed by atoms with Gasteiger partial charge in [-0.15, -0.1) is 0 Å². The molecule has 1 aromatic carbocycles. The number of pyridine rings is 1. The Morgan fingerprint density at radius 3 is 2.81 bits per heavy atom. The maximum Gasteiger partial charge on any atom is 0.267 e. The van der Waals surface area contributed by atoms with Crippen LogP contribution < -0.4 is 10.3 Å². The summed E-state index contributed by atoms with van der Waals surface area (Å²) in [4.78, 5) is 24.1. The van der Waals surface area contributed by atoms with Gasteiger partial charge in [0.05, 0.1) is 23.2 Å². The predicted octanol–water partition coefficient (Wildman–Crippen LogP) is 2.95. The third-order valence-corrected chi connectivity index (χ3v) is 5.02. The van der Waals surface area contributed by atoms with Crippen LogP contribution in [0.3, 0.4) is 0 Å². The van der Waals surface area contributed by atoms with Crippen LogP contribution in [-0.4, -0.2) is 45.7 Å². The molecule has 3 heterocycles. The van der Waals surface area contributed by atoms with E-state index in [9.17, 15) is 4.79 Å². The number of fused-ring (bicyclic) bond motifs is 1. The van der Waals surface area contributed by atoms with Gasteiger partial charge in [0.15, 0.2) is 0 Å². The first-order valence-corrected chi connectivity index (χ1v) is 9.52. The van der Waals surface area contributed by atoms with Crippen LogP contribution in [0.4, 0.5) is 0 Å². The molecule has 3 aromatic rings. The van der Waals surface area contributed by atoms with Crippen LogP contribution >= 0.6 is 0 Å². The fourth-order valence-electron chi connectivity index (χ4n) is 3.67. The molecule has 0 unspecified atom stereocenters. The summed E-state index contributed by atoms with van der Waals surface area (Å²) in [6.07, 6.45) is 6.80. The minimum absolute atomic E-state index is 0.126. The van der Waals surface area contributed by atoms with Gasteiger partial charge in [-0.1, -0.05) is 12.1 Å². The molecular formula is C21H24N4O2. The fraction of sp³-hybridized carbons (Fsp3) is 0.381. The van der Waals surface area contributed by atoms with E-state index in [1.807, 2.05) is 31.2 Å². The van der Waals surface area contributed by atoms with Crippen LogP contribution in [-0.2, 0) is 0 Å². The molecule has 0 bridgehead atoms. The number of likely N-dealkylation sites (tertiary alicyclic amines) is 1. The Kier molecular flexibility index (Phi) is 5.16. The molecular weight excluding hydrogens is 340 g/mol. The van der Waals surface area contributed by atoms with Crippen molar-refractivity contribution in [3.63, 3.8) is 0 Å². The highest BCUT2D eigenvalue weighted by molar-refractivity contribution is 5.76. The molecule has 140 valence electrons. The number of ether oxygens (including phenoxy) is 1. The van der Waals surface area contributed by atoms with Gasteiger partial charge in [0.25, 0.3) is 5.56 Å². The quantitative estimate of drug-likeness (QED) is 0.630. The van der Waals surface area contributed by atoms with Crippen LogP contribution in [0.15, 0.2) is 47.5 Å². The van der Waals surface area contributed by atoms with Gasteiger partial charge < -0.3 is 9.64 Å². The second kappa shape index (κ2) is 7.88. The van der Waals surface area contributed by atoms with E-state index in [1.165, 1.54) is 25.9 Å². The molecule has 2 aromatic heterocycles. The average molecular weight is 364 g/mol. The molecule has 1 aliphatic rings. The zero-order chi connectivity index (χ0) is 18.6. The number of hydrogen-bond donors (Lipinski definition) is 0. The van der Waals surface area contributed by atoms with E-state index in [-0.39, 0.29) is 5.56 Å². The van der Waals surface area contributed by atoms with Crippen LogP contribution in [0.25, 0.3) is 16.6 Å². The molecule has 1 aliphatic heterocycles. The van der Waals surface area contributed by atoms with E-state index in [0.717, 1.165) is 18.7 Å². The molecule has 6 heteroatoms. The van der Waals surface area contributed by atoms with Crippen LogP contribution in [0.5, 0.6) is 5.75 Å². The lowest BCUT2D eigenvalue weighted by atomic mass is 10.2. The van der Waals surface area contributed by atoms with E-state index in [4.69, 9.17) is 4.74 Å². The number of hydrogen-bond acceptors (Lipinski definition) is 5. The molecule has 27 heavy (non-hydrogen) atoms. The van der Waals surface area contributed by atoms with E-state index in [2.05, 4.69) is 14.9 Å². The lowest BCUT2D eigenvalue weighted by Crippen LogP contribution is -2.24. The Bertz CT molecular complexity index is 993. The van der Waals surface area contributed by atoms with Crippen molar-refractivity contribution in [1.29, 1.82) is 0 Å². The van der Waals surface area contributed by atoms with E-state index in [0.29, 0.717) is 29.1 Å². The topological polar surface area (TPSA) is 60.3 Å². The molecule has 0 N–H and O–H groups in total. The molecule has 0 spiro atoms. The highest BCUT2D eigenvalue weighted by Gasteiger charge is 2.14. The summed E-state index contributed by atoms with van der Waals surface area (Å²) in [6, 6.07) is 9.40. The van der Waals surface area contributed by atoms with Crippen molar-refractivity contribution >= 4 is 10.9 Å².